The van der Waals surface area contributed by atoms with E-state index in [0.717, 1.165) is 17.1 Å². The van der Waals surface area contributed by atoms with Gasteiger partial charge < -0.3 is 25.1 Å². The zero-order valence-corrected chi connectivity index (χ0v) is 21.0. The van der Waals surface area contributed by atoms with E-state index in [1.165, 1.54) is 18.7 Å². The van der Waals surface area contributed by atoms with Crippen LogP contribution in [0.1, 0.15) is 21.6 Å². The molecule has 0 aliphatic heterocycles. The average Bonchev–Trinajstić information content (AvgIpc) is 2.90. The number of rotatable bonds is 7. The largest absolute Gasteiger partial charge is 0.493 e. The van der Waals surface area contributed by atoms with E-state index in [-0.39, 0.29) is 5.56 Å². The number of amides is 1. The van der Waals surface area contributed by atoms with Crippen LogP contribution in [-0.4, -0.2) is 23.0 Å². The van der Waals surface area contributed by atoms with Crippen molar-refractivity contribution < 1.29 is 13.9 Å². The molecule has 0 unspecified atom stereocenters. The van der Waals surface area contributed by atoms with Crippen LogP contribution in [0.5, 0.6) is 5.75 Å². The van der Waals surface area contributed by atoms with Crippen molar-refractivity contribution in [3.8, 4) is 5.75 Å². The van der Waals surface area contributed by atoms with E-state index in [9.17, 15) is 9.59 Å². The Hall–Kier alpha value is -5.18. The monoisotopic (exact) mass is 507 g/mol. The van der Waals surface area contributed by atoms with Crippen molar-refractivity contribution in [1.82, 2.24) is 9.97 Å². The van der Waals surface area contributed by atoms with Gasteiger partial charge in [0.1, 0.15) is 11.4 Å². The molecule has 0 atom stereocenters. The third kappa shape index (κ3) is 5.46. The van der Waals surface area contributed by atoms with Gasteiger partial charge in [-0.05, 0) is 62.4 Å². The average molecular weight is 508 g/mol. The minimum atomic E-state index is -0.746. The van der Waals surface area contributed by atoms with Crippen LogP contribution < -0.4 is 26.3 Å². The quantitative estimate of drug-likeness (QED) is 0.231. The second-order valence-corrected chi connectivity index (χ2v) is 8.69. The number of anilines is 5. The Kier molecular flexibility index (Phi) is 6.73. The molecular formula is C29H25N5O4. The summed E-state index contributed by atoms with van der Waals surface area (Å²) in [7, 11) is 1.49. The van der Waals surface area contributed by atoms with Crippen molar-refractivity contribution in [1.29, 1.82) is 0 Å². The summed E-state index contributed by atoms with van der Waals surface area (Å²) in [5, 5.41) is 9.79. The molecule has 38 heavy (non-hydrogen) atoms. The molecule has 5 aromatic rings. The topological polar surface area (TPSA) is 118 Å². The van der Waals surface area contributed by atoms with E-state index in [1.54, 1.807) is 42.5 Å². The number of nitrogens with one attached hydrogen (secondary N) is 3. The van der Waals surface area contributed by atoms with Gasteiger partial charge in [-0.15, -0.1) is 0 Å². The molecule has 9 nitrogen and oxygen atoms in total. The number of fused-ring (bicyclic) bond motifs is 1. The summed E-state index contributed by atoms with van der Waals surface area (Å²) < 4.78 is 10.6. The molecule has 0 bridgehead atoms. The third-order valence-electron chi connectivity index (χ3n) is 5.77. The summed E-state index contributed by atoms with van der Waals surface area (Å²) >= 11 is 0. The number of aromatic nitrogens is 2. The molecule has 0 aliphatic carbocycles. The third-order valence-corrected chi connectivity index (χ3v) is 5.77. The predicted octanol–water partition coefficient (Wildman–Crippen LogP) is 5.95. The summed E-state index contributed by atoms with van der Waals surface area (Å²) in [5.74, 6) is 0.948. The van der Waals surface area contributed by atoms with Gasteiger partial charge in [0.05, 0.1) is 7.11 Å². The molecule has 0 saturated carbocycles. The van der Waals surface area contributed by atoms with Crippen LogP contribution in [0, 0.1) is 13.8 Å². The lowest BCUT2D eigenvalue weighted by molar-refractivity contribution is 0.102. The van der Waals surface area contributed by atoms with Gasteiger partial charge in [0, 0.05) is 34.2 Å². The highest BCUT2D eigenvalue weighted by molar-refractivity contribution is 6.05. The molecule has 0 radical (unpaired) electrons. The molecule has 2 aromatic heterocycles. The molecule has 0 saturated heterocycles. The molecule has 3 N–H and O–H groups in total. The van der Waals surface area contributed by atoms with Crippen molar-refractivity contribution in [3.63, 3.8) is 0 Å². The van der Waals surface area contributed by atoms with E-state index in [1.807, 2.05) is 44.2 Å². The molecule has 0 spiro atoms. The van der Waals surface area contributed by atoms with Gasteiger partial charge in [0.2, 0.25) is 5.95 Å². The Morgan fingerprint density at radius 2 is 1.53 bits per heavy atom. The Morgan fingerprint density at radius 1 is 0.842 bits per heavy atom. The minimum absolute atomic E-state index is 0.102. The Balaban J connectivity index is 1.29. The lowest BCUT2D eigenvalue weighted by Gasteiger charge is -2.11. The molecule has 190 valence electrons. The highest BCUT2D eigenvalue weighted by Crippen LogP contribution is 2.25. The summed E-state index contributed by atoms with van der Waals surface area (Å²) in [5.41, 5.74) is 3.59. The molecule has 2 heterocycles. The van der Waals surface area contributed by atoms with Crippen molar-refractivity contribution >= 4 is 45.7 Å². The van der Waals surface area contributed by atoms with Crippen molar-refractivity contribution in [2.45, 2.75) is 13.8 Å². The van der Waals surface area contributed by atoms with E-state index < -0.39 is 11.5 Å². The molecule has 3 aromatic carbocycles. The Labute approximate surface area is 218 Å². The Bertz CT molecular complexity index is 1680. The number of aryl methyl sites for hydroxylation is 2. The zero-order valence-electron chi connectivity index (χ0n) is 21.0. The van der Waals surface area contributed by atoms with E-state index in [4.69, 9.17) is 9.15 Å². The van der Waals surface area contributed by atoms with Gasteiger partial charge in [-0.25, -0.2) is 9.78 Å². The Morgan fingerprint density at radius 3 is 2.26 bits per heavy atom. The van der Waals surface area contributed by atoms with E-state index in [2.05, 4.69) is 25.9 Å². The number of carbonyl (C=O) groups is 1. The standard InChI is InChI=1S/C29H25N5O4/c1-17-7-9-20(10-8-17)31-25-15-18(2)30-29(34-25)33-22-13-11-21(12-14-22)32-27(35)23-16-19-5-4-6-24(37-3)26(19)38-28(23)36/h4-16H,1-3H3,(H,32,35)(H2,30,31,33,34). The normalized spacial score (nSPS) is 10.7. The fraction of sp³-hybridized carbons (Fsp3) is 0.103. The van der Waals surface area contributed by atoms with E-state index >= 15 is 0 Å². The van der Waals surface area contributed by atoms with Crippen LogP contribution in [0.15, 0.2) is 88.1 Å². The molecule has 1 amide bonds. The van der Waals surface area contributed by atoms with Gasteiger partial charge in [-0.1, -0.05) is 29.8 Å². The summed E-state index contributed by atoms with van der Waals surface area (Å²) in [4.78, 5) is 34.3. The summed E-state index contributed by atoms with van der Waals surface area (Å²) in [6, 6.07) is 23.6. The first kappa shape index (κ1) is 24.5. The van der Waals surface area contributed by atoms with Gasteiger partial charge >= 0.3 is 5.63 Å². The van der Waals surface area contributed by atoms with Gasteiger partial charge in [0.25, 0.3) is 5.91 Å². The smallest absolute Gasteiger partial charge is 0.349 e. The second kappa shape index (κ2) is 10.4. The maximum Gasteiger partial charge on any atom is 0.349 e. The number of methoxy groups -OCH3 is 1. The molecular weight excluding hydrogens is 482 g/mol. The molecule has 9 heteroatoms. The fourth-order valence-corrected chi connectivity index (χ4v) is 3.87. The lowest BCUT2D eigenvalue weighted by atomic mass is 10.1. The molecule has 0 fully saturated rings. The second-order valence-electron chi connectivity index (χ2n) is 8.69. The molecule has 5 rings (SSSR count). The van der Waals surface area contributed by atoms with Gasteiger partial charge in [-0.2, -0.15) is 4.98 Å². The van der Waals surface area contributed by atoms with Crippen molar-refractivity contribution in [2.75, 3.05) is 23.1 Å². The van der Waals surface area contributed by atoms with Crippen LogP contribution >= 0.6 is 0 Å². The fourth-order valence-electron chi connectivity index (χ4n) is 3.87. The van der Waals surface area contributed by atoms with Crippen LogP contribution in [0.25, 0.3) is 11.0 Å². The maximum absolute atomic E-state index is 12.8. The first-order chi connectivity index (χ1) is 18.4. The van der Waals surface area contributed by atoms with E-state index in [0.29, 0.717) is 34.2 Å². The van der Waals surface area contributed by atoms with Crippen LogP contribution in [-0.2, 0) is 0 Å². The van der Waals surface area contributed by atoms with Crippen molar-refractivity contribution in [3.05, 3.63) is 106 Å². The predicted molar refractivity (Wildman–Crippen MR) is 148 cm³/mol. The number of para-hydroxylation sites is 1. The van der Waals surface area contributed by atoms with Crippen molar-refractivity contribution in [2.24, 2.45) is 0 Å². The molecule has 0 aliphatic rings. The first-order valence-electron chi connectivity index (χ1n) is 11.9. The van der Waals surface area contributed by atoms with Gasteiger partial charge in [-0.3, -0.25) is 4.79 Å². The SMILES string of the molecule is COc1cccc2cc(C(=O)Nc3ccc(Nc4nc(C)cc(Nc5ccc(C)cc5)n4)cc3)c(=O)oc12. The summed E-state index contributed by atoms with van der Waals surface area (Å²) in [6.07, 6.45) is 0. The zero-order chi connectivity index (χ0) is 26.6. The number of carbonyl (C=O) groups excluding carboxylic acids is 1. The van der Waals surface area contributed by atoms with Crippen LogP contribution in [0.2, 0.25) is 0 Å². The first-order valence-corrected chi connectivity index (χ1v) is 11.9. The lowest BCUT2D eigenvalue weighted by Crippen LogP contribution is -2.20. The number of nitrogens with zero attached hydrogens (tertiary/aromatic N) is 2. The van der Waals surface area contributed by atoms with Crippen LogP contribution in [0.3, 0.4) is 0 Å². The van der Waals surface area contributed by atoms with Gasteiger partial charge in [0.15, 0.2) is 11.3 Å². The summed E-state index contributed by atoms with van der Waals surface area (Å²) in [6.45, 7) is 3.93. The maximum atomic E-state index is 12.8. The number of benzene rings is 3. The van der Waals surface area contributed by atoms with Crippen LogP contribution in [0.4, 0.5) is 28.8 Å². The number of hydrogen-bond acceptors (Lipinski definition) is 8. The number of ether oxygens (including phenoxy) is 1. The highest BCUT2D eigenvalue weighted by Gasteiger charge is 2.16. The number of hydrogen-bond donors (Lipinski definition) is 3. The highest BCUT2D eigenvalue weighted by atomic mass is 16.5. The minimum Gasteiger partial charge on any atom is -0.493 e.